The van der Waals surface area contributed by atoms with Gasteiger partial charge in [-0.1, -0.05) is 66.7 Å². The van der Waals surface area contributed by atoms with Crippen LogP contribution in [0.4, 0.5) is 0 Å². The van der Waals surface area contributed by atoms with E-state index in [0.29, 0.717) is 32.7 Å². The number of benzene rings is 2. The first-order chi connectivity index (χ1) is 17.6. The zero-order chi connectivity index (χ0) is 25.2. The summed E-state index contributed by atoms with van der Waals surface area (Å²) in [6.07, 6.45) is 7.55. The van der Waals surface area contributed by atoms with Crippen molar-refractivity contribution in [3.63, 3.8) is 0 Å². The van der Waals surface area contributed by atoms with Crippen molar-refractivity contribution in [2.45, 2.75) is 57.3 Å². The Bertz CT molecular complexity index is 998. The largest absolute Gasteiger partial charge is 0.481 e. The van der Waals surface area contributed by atoms with E-state index in [1.807, 2.05) is 18.2 Å². The Labute approximate surface area is 213 Å². The Balaban J connectivity index is 1.35. The van der Waals surface area contributed by atoms with Crippen LogP contribution in [-0.2, 0) is 32.1 Å². The summed E-state index contributed by atoms with van der Waals surface area (Å²) in [4.78, 5) is 26.1. The second-order valence-corrected chi connectivity index (χ2v) is 9.74. The third-order valence-electron chi connectivity index (χ3n) is 7.15. The number of hydrogen-bond donors (Lipinski definition) is 1. The summed E-state index contributed by atoms with van der Waals surface area (Å²) >= 11 is 0. The molecule has 1 N–H and O–H groups in total. The van der Waals surface area contributed by atoms with Crippen LogP contribution in [0.2, 0.25) is 0 Å². The molecule has 0 aromatic heterocycles. The van der Waals surface area contributed by atoms with Gasteiger partial charge in [0.1, 0.15) is 0 Å². The van der Waals surface area contributed by atoms with Crippen molar-refractivity contribution < 1.29 is 24.2 Å². The Morgan fingerprint density at radius 3 is 2.36 bits per heavy atom. The van der Waals surface area contributed by atoms with Crippen molar-refractivity contribution in [2.75, 3.05) is 26.3 Å². The minimum atomic E-state index is -0.782. The fraction of sp³-hybridized carbons (Fsp3) is 0.467. The quantitative estimate of drug-likeness (QED) is 0.436. The summed E-state index contributed by atoms with van der Waals surface area (Å²) in [5.41, 5.74) is 3.67. The summed E-state index contributed by atoms with van der Waals surface area (Å²) < 4.78 is 11.9. The lowest BCUT2D eigenvalue weighted by atomic mass is 9.93. The lowest BCUT2D eigenvalue weighted by Crippen LogP contribution is -2.49. The van der Waals surface area contributed by atoms with E-state index in [-0.39, 0.29) is 30.3 Å². The maximum atomic E-state index is 13.1. The SMILES string of the molecule is O=C(O)CCC=CCC[C@H]1[C@@H](OCc2ccc(Cc3ccccc3)cc2)CC(=O)[C@@H]1N1CCOCC1. The molecule has 0 spiro atoms. The van der Waals surface area contributed by atoms with Crippen LogP contribution in [0.5, 0.6) is 0 Å². The van der Waals surface area contributed by atoms with Gasteiger partial charge in [-0.15, -0.1) is 0 Å². The molecule has 0 radical (unpaired) electrons. The van der Waals surface area contributed by atoms with Crippen molar-refractivity contribution in [3.8, 4) is 0 Å². The molecule has 36 heavy (non-hydrogen) atoms. The van der Waals surface area contributed by atoms with E-state index in [9.17, 15) is 9.59 Å². The minimum Gasteiger partial charge on any atom is -0.481 e. The van der Waals surface area contributed by atoms with Crippen LogP contribution in [0, 0.1) is 5.92 Å². The summed E-state index contributed by atoms with van der Waals surface area (Å²) in [7, 11) is 0. The highest BCUT2D eigenvalue weighted by Crippen LogP contribution is 2.34. The Morgan fingerprint density at radius 1 is 0.972 bits per heavy atom. The molecule has 2 aromatic carbocycles. The number of allylic oxidation sites excluding steroid dienone is 2. The number of ether oxygens (including phenoxy) is 2. The number of Topliss-reactive ketones (excluding diaryl/α,β-unsaturated/α-hetero) is 1. The molecule has 6 heteroatoms. The lowest BCUT2D eigenvalue weighted by molar-refractivity contribution is -0.136. The molecule has 0 unspecified atom stereocenters. The summed E-state index contributed by atoms with van der Waals surface area (Å²) in [5.74, 6) is -0.396. The molecule has 2 aliphatic rings. The van der Waals surface area contributed by atoms with Gasteiger partial charge in [0, 0.05) is 31.8 Å². The van der Waals surface area contributed by atoms with Gasteiger partial charge >= 0.3 is 5.97 Å². The summed E-state index contributed by atoms with van der Waals surface area (Å²) in [6.45, 7) is 3.36. The van der Waals surface area contributed by atoms with Gasteiger partial charge in [0.15, 0.2) is 5.78 Å². The number of hydrogen-bond acceptors (Lipinski definition) is 5. The molecular weight excluding hydrogens is 454 g/mol. The van der Waals surface area contributed by atoms with Gasteiger partial charge in [-0.25, -0.2) is 0 Å². The first-order valence-corrected chi connectivity index (χ1v) is 13.0. The van der Waals surface area contributed by atoms with E-state index in [1.165, 1.54) is 11.1 Å². The molecule has 4 rings (SSSR count). The zero-order valence-corrected chi connectivity index (χ0v) is 20.9. The molecule has 3 atom stereocenters. The molecule has 1 saturated carbocycles. The smallest absolute Gasteiger partial charge is 0.303 e. The first-order valence-electron chi connectivity index (χ1n) is 13.0. The van der Waals surface area contributed by atoms with E-state index in [0.717, 1.165) is 37.9 Å². The van der Waals surface area contributed by atoms with Crippen molar-refractivity contribution in [1.29, 1.82) is 0 Å². The minimum absolute atomic E-state index is 0.109. The van der Waals surface area contributed by atoms with Gasteiger partial charge in [0.2, 0.25) is 0 Å². The van der Waals surface area contributed by atoms with Crippen molar-refractivity contribution in [2.24, 2.45) is 5.92 Å². The van der Waals surface area contributed by atoms with E-state index in [1.54, 1.807) is 0 Å². The van der Waals surface area contributed by atoms with E-state index >= 15 is 0 Å². The Kier molecular flexibility index (Phi) is 9.84. The van der Waals surface area contributed by atoms with Crippen LogP contribution >= 0.6 is 0 Å². The molecule has 1 heterocycles. The number of carbonyl (C=O) groups is 2. The summed E-state index contributed by atoms with van der Waals surface area (Å²) in [5, 5.41) is 8.82. The highest BCUT2D eigenvalue weighted by atomic mass is 16.5. The third kappa shape index (κ3) is 7.60. The fourth-order valence-corrected chi connectivity index (χ4v) is 5.29. The number of morpholine rings is 1. The molecule has 0 bridgehead atoms. The number of carboxylic acids is 1. The lowest BCUT2D eigenvalue weighted by Gasteiger charge is -2.35. The topological polar surface area (TPSA) is 76.1 Å². The normalized spacial score (nSPS) is 22.9. The Morgan fingerprint density at radius 2 is 1.64 bits per heavy atom. The first kappa shape index (κ1) is 26.3. The molecule has 0 amide bonds. The van der Waals surface area contributed by atoms with Crippen LogP contribution in [0.15, 0.2) is 66.7 Å². The van der Waals surface area contributed by atoms with Crippen molar-refractivity contribution >= 4 is 11.8 Å². The number of rotatable bonds is 12. The van der Waals surface area contributed by atoms with E-state index in [4.69, 9.17) is 14.6 Å². The van der Waals surface area contributed by atoms with Gasteiger partial charge < -0.3 is 14.6 Å². The molecule has 1 aliphatic heterocycles. The monoisotopic (exact) mass is 491 g/mol. The maximum Gasteiger partial charge on any atom is 0.303 e. The van der Waals surface area contributed by atoms with Crippen LogP contribution in [0.25, 0.3) is 0 Å². The second kappa shape index (κ2) is 13.5. The average molecular weight is 492 g/mol. The maximum absolute atomic E-state index is 13.1. The fourth-order valence-electron chi connectivity index (χ4n) is 5.29. The Hall–Kier alpha value is -2.80. The van der Waals surface area contributed by atoms with E-state index < -0.39 is 5.97 Å². The van der Waals surface area contributed by atoms with Gasteiger partial charge in [-0.3, -0.25) is 14.5 Å². The highest BCUT2D eigenvalue weighted by Gasteiger charge is 2.45. The van der Waals surface area contributed by atoms with Crippen molar-refractivity contribution in [3.05, 3.63) is 83.4 Å². The van der Waals surface area contributed by atoms with Gasteiger partial charge in [0.05, 0.1) is 32.0 Å². The van der Waals surface area contributed by atoms with Crippen LogP contribution in [0.3, 0.4) is 0 Å². The number of aliphatic carboxylic acids is 1. The molecule has 2 fully saturated rings. The molecule has 6 nitrogen and oxygen atoms in total. The van der Waals surface area contributed by atoms with Crippen molar-refractivity contribution in [1.82, 2.24) is 4.90 Å². The zero-order valence-electron chi connectivity index (χ0n) is 20.9. The summed E-state index contributed by atoms with van der Waals surface area (Å²) in [6, 6.07) is 18.9. The highest BCUT2D eigenvalue weighted by molar-refractivity contribution is 5.87. The number of carboxylic acid groups (broad SMARTS) is 1. The molecule has 2 aromatic rings. The standard InChI is InChI=1S/C30H37NO5/c32-27-21-28(36-22-25-14-12-24(13-15-25)20-23-8-4-3-5-9-23)26(10-6-1-2-7-11-29(33)34)30(27)31-16-18-35-19-17-31/h1-5,8-9,12-15,26,28,30H,6-7,10-11,16-22H2,(H,33,34)/t26-,28-,30+/m0/s1. The third-order valence-corrected chi connectivity index (χ3v) is 7.15. The number of ketones is 1. The average Bonchev–Trinajstić information content (AvgIpc) is 3.21. The van der Waals surface area contributed by atoms with Gasteiger partial charge in [-0.05, 0) is 42.4 Å². The van der Waals surface area contributed by atoms with Gasteiger partial charge in [0.25, 0.3) is 0 Å². The number of carbonyl (C=O) groups excluding carboxylic acids is 1. The van der Waals surface area contributed by atoms with Crippen LogP contribution in [0.1, 0.15) is 48.8 Å². The molecule has 192 valence electrons. The predicted octanol–water partition coefficient (Wildman–Crippen LogP) is 4.65. The number of nitrogens with zero attached hydrogens (tertiary/aromatic N) is 1. The van der Waals surface area contributed by atoms with E-state index in [2.05, 4.69) is 53.4 Å². The predicted molar refractivity (Wildman–Crippen MR) is 139 cm³/mol. The van der Waals surface area contributed by atoms with Crippen LogP contribution < -0.4 is 0 Å². The second-order valence-electron chi connectivity index (χ2n) is 9.74. The molecule has 1 aliphatic carbocycles. The molecular formula is C30H37NO5. The molecule has 1 saturated heterocycles. The van der Waals surface area contributed by atoms with Gasteiger partial charge in [-0.2, -0.15) is 0 Å². The van der Waals surface area contributed by atoms with Crippen LogP contribution in [-0.4, -0.2) is 60.2 Å².